The van der Waals surface area contributed by atoms with Crippen molar-refractivity contribution in [3.05, 3.63) is 111 Å². The van der Waals surface area contributed by atoms with Gasteiger partial charge in [0.15, 0.2) is 0 Å². The SMILES string of the molecule is CCCCC(CC)CNS(=O)(=O)c1ccccc1-c1c2ccc(=Nc3c(C)cc(C)c(NC(=O)CC(C)(C)C)c3C)cc-2oc2cc(Nc3c(C)cc(C)c(NC(=O)CC(C)(C)C)c3C)c(C)cc12. The molecular formula is C58H75N5O5S. The minimum Gasteiger partial charge on any atom is -0.456 e. The van der Waals surface area contributed by atoms with Crippen molar-refractivity contribution in [2.24, 2.45) is 21.7 Å². The Balaban J connectivity index is 1.56. The lowest BCUT2D eigenvalue weighted by molar-refractivity contribution is -0.118. The maximum Gasteiger partial charge on any atom is 0.241 e. The first-order valence-corrected chi connectivity index (χ1v) is 26.0. The Morgan fingerprint density at radius 3 is 1.88 bits per heavy atom. The zero-order valence-corrected chi connectivity index (χ0v) is 44.6. The van der Waals surface area contributed by atoms with E-state index in [1.807, 2.05) is 105 Å². The zero-order valence-electron chi connectivity index (χ0n) is 43.8. The highest BCUT2D eigenvalue weighted by Crippen LogP contribution is 2.45. The van der Waals surface area contributed by atoms with E-state index in [1.165, 1.54) is 0 Å². The Hall–Kier alpha value is -5.78. The Morgan fingerprint density at radius 1 is 0.681 bits per heavy atom. The second kappa shape index (κ2) is 21.1. The van der Waals surface area contributed by atoms with Crippen molar-refractivity contribution < 1.29 is 22.4 Å². The number of carbonyl (C=O) groups is 2. The summed E-state index contributed by atoms with van der Waals surface area (Å²) in [5.74, 6) is 0.664. The van der Waals surface area contributed by atoms with Crippen LogP contribution in [0.2, 0.25) is 0 Å². The number of amides is 2. The third-order valence-electron chi connectivity index (χ3n) is 12.9. The van der Waals surface area contributed by atoms with Gasteiger partial charge in [-0.25, -0.2) is 18.1 Å². The highest BCUT2D eigenvalue weighted by Gasteiger charge is 2.27. The zero-order chi connectivity index (χ0) is 50.7. The van der Waals surface area contributed by atoms with Crippen molar-refractivity contribution in [2.75, 3.05) is 22.5 Å². The average molecular weight is 954 g/mol. The van der Waals surface area contributed by atoms with Crippen LogP contribution in [0.5, 0.6) is 0 Å². The Kier molecular flexibility index (Phi) is 16.1. The molecule has 2 amide bonds. The van der Waals surface area contributed by atoms with E-state index >= 15 is 0 Å². The van der Waals surface area contributed by atoms with Gasteiger partial charge < -0.3 is 20.4 Å². The maximum absolute atomic E-state index is 14.5. The van der Waals surface area contributed by atoms with Gasteiger partial charge in [-0.15, -0.1) is 0 Å². The van der Waals surface area contributed by atoms with Crippen LogP contribution in [-0.2, 0) is 19.6 Å². The summed E-state index contributed by atoms with van der Waals surface area (Å²) in [6.07, 6.45) is 4.71. The van der Waals surface area contributed by atoms with Crippen LogP contribution in [0.25, 0.3) is 33.4 Å². The van der Waals surface area contributed by atoms with E-state index < -0.39 is 10.0 Å². The fourth-order valence-corrected chi connectivity index (χ4v) is 10.7. The molecule has 1 heterocycles. The summed E-state index contributed by atoms with van der Waals surface area (Å²) in [7, 11) is -3.96. The number of benzene rings is 5. The topological polar surface area (TPSA) is 142 Å². The first kappa shape index (κ1) is 52.6. The number of nitrogens with one attached hydrogen (secondary N) is 4. The third-order valence-corrected chi connectivity index (χ3v) is 14.4. The second-order valence-electron chi connectivity index (χ2n) is 21.6. The summed E-state index contributed by atoms with van der Waals surface area (Å²) in [4.78, 5) is 31.8. The number of rotatable bonds is 16. The number of fused-ring (bicyclic) bond motifs is 2. The monoisotopic (exact) mass is 954 g/mol. The highest BCUT2D eigenvalue weighted by molar-refractivity contribution is 7.89. The lowest BCUT2D eigenvalue weighted by Gasteiger charge is -2.23. The molecule has 1 unspecified atom stereocenters. The molecule has 368 valence electrons. The first-order valence-electron chi connectivity index (χ1n) is 24.5. The van der Waals surface area contributed by atoms with Gasteiger partial charge in [0.25, 0.3) is 0 Å². The summed E-state index contributed by atoms with van der Waals surface area (Å²) in [6, 6.07) is 21.2. The van der Waals surface area contributed by atoms with Crippen molar-refractivity contribution >= 4 is 61.2 Å². The number of nitrogens with zero attached hydrogens (tertiary/aromatic N) is 1. The molecule has 2 aliphatic rings. The molecule has 10 nitrogen and oxygen atoms in total. The molecule has 0 fully saturated rings. The van der Waals surface area contributed by atoms with Crippen LogP contribution >= 0.6 is 0 Å². The van der Waals surface area contributed by atoms with Gasteiger partial charge in [-0.3, -0.25) is 9.59 Å². The van der Waals surface area contributed by atoms with E-state index in [-0.39, 0.29) is 33.5 Å². The highest BCUT2D eigenvalue weighted by atomic mass is 32.2. The number of carbonyl (C=O) groups excluding carboxylic acids is 2. The Bertz CT molecular complexity index is 3060. The van der Waals surface area contributed by atoms with Crippen molar-refractivity contribution in [3.8, 4) is 22.5 Å². The molecule has 4 N–H and O–H groups in total. The molecule has 11 heteroatoms. The van der Waals surface area contributed by atoms with Gasteiger partial charge in [0.05, 0.1) is 15.9 Å². The number of hydrogen-bond acceptors (Lipinski definition) is 7. The number of sulfonamides is 1. The van der Waals surface area contributed by atoms with Crippen LogP contribution in [0.4, 0.5) is 28.4 Å². The molecule has 0 aromatic heterocycles. The molecule has 69 heavy (non-hydrogen) atoms. The molecule has 1 aliphatic carbocycles. The smallest absolute Gasteiger partial charge is 0.241 e. The largest absolute Gasteiger partial charge is 0.456 e. The van der Waals surface area contributed by atoms with Gasteiger partial charge >= 0.3 is 0 Å². The van der Waals surface area contributed by atoms with Gasteiger partial charge in [0, 0.05) is 76.3 Å². The number of anilines is 4. The predicted octanol–water partition coefficient (Wildman–Crippen LogP) is 14.6. The Morgan fingerprint density at radius 2 is 1.28 bits per heavy atom. The van der Waals surface area contributed by atoms with Crippen molar-refractivity contribution in [3.63, 3.8) is 0 Å². The molecule has 4 aromatic rings. The molecule has 0 saturated heterocycles. The van der Waals surface area contributed by atoms with E-state index in [1.54, 1.807) is 12.1 Å². The van der Waals surface area contributed by atoms with Crippen LogP contribution in [0, 0.1) is 65.2 Å². The van der Waals surface area contributed by atoms with E-state index in [0.29, 0.717) is 41.7 Å². The normalized spacial score (nSPS) is 13.0. The fourth-order valence-electron chi connectivity index (χ4n) is 9.39. The number of unbranched alkanes of at least 4 members (excludes halogenated alkanes) is 1. The fraction of sp³-hybridized carbons (Fsp3) is 0.431. The molecule has 0 bridgehead atoms. The number of aryl methyl sites for hydroxylation is 5. The Labute approximate surface area is 411 Å². The van der Waals surface area contributed by atoms with Crippen LogP contribution in [0.15, 0.2) is 81.0 Å². The van der Waals surface area contributed by atoms with Gasteiger partial charge in [0.2, 0.25) is 21.8 Å². The van der Waals surface area contributed by atoms with Gasteiger partial charge in [0.1, 0.15) is 11.3 Å². The molecule has 1 atom stereocenters. The third kappa shape index (κ3) is 12.5. The predicted molar refractivity (Wildman–Crippen MR) is 287 cm³/mol. The molecule has 6 rings (SSSR count). The average Bonchev–Trinajstić information content (AvgIpc) is 3.25. The summed E-state index contributed by atoms with van der Waals surface area (Å²) in [5.41, 5.74) is 12.8. The summed E-state index contributed by atoms with van der Waals surface area (Å²) in [5, 5.41) is 11.5. The molecule has 4 aromatic carbocycles. The molecule has 1 aliphatic heterocycles. The van der Waals surface area contributed by atoms with E-state index in [9.17, 15) is 18.0 Å². The minimum absolute atomic E-state index is 0.0372. The lowest BCUT2D eigenvalue weighted by Crippen LogP contribution is -2.29. The van der Waals surface area contributed by atoms with E-state index in [0.717, 1.165) is 110 Å². The maximum atomic E-state index is 14.5. The van der Waals surface area contributed by atoms with E-state index in [2.05, 4.69) is 74.3 Å². The molecule has 0 spiro atoms. The van der Waals surface area contributed by atoms with Crippen LogP contribution in [-0.4, -0.2) is 26.8 Å². The first-order chi connectivity index (χ1) is 32.3. The van der Waals surface area contributed by atoms with Crippen molar-refractivity contribution in [2.45, 2.75) is 147 Å². The molecule has 0 saturated carbocycles. The lowest BCUT2D eigenvalue weighted by atomic mass is 9.91. The van der Waals surface area contributed by atoms with Crippen molar-refractivity contribution in [1.29, 1.82) is 0 Å². The summed E-state index contributed by atoms with van der Waals surface area (Å²) in [6.45, 7) is 31.0. The van der Waals surface area contributed by atoms with Crippen LogP contribution in [0.3, 0.4) is 0 Å². The van der Waals surface area contributed by atoms with Crippen LogP contribution < -0.4 is 26.0 Å². The standard InChI is InChI=1S/C58H75N5O5S/c1-16-18-21-41(17-2)33-59-69(66,67)49-23-20-19-22-44(49)52-43-25-24-42(60-53-35(4)26-37(6)55(39(53)8)62-50(64)31-57(10,11)12)29-47(43)68-48-30-46(34(3)28-45(48)52)61-54-36(5)27-38(7)56(40(54)9)63-51(65)32-58(13,14)15/h19-20,22-30,41,59,61H,16-18,21,31-33H2,1-15H3,(H,62,64)(H,63,65). The molecule has 0 radical (unpaired) electrons. The van der Waals surface area contributed by atoms with Gasteiger partial charge in [-0.1, -0.05) is 105 Å². The summed E-state index contributed by atoms with van der Waals surface area (Å²) >= 11 is 0. The molecular weight excluding hydrogens is 879 g/mol. The minimum atomic E-state index is -3.96. The van der Waals surface area contributed by atoms with E-state index in [4.69, 9.17) is 9.41 Å². The quantitative estimate of drug-likeness (QED) is 0.0712. The summed E-state index contributed by atoms with van der Waals surface area (Å²) < 4.78 is 38.8. The van der Waals surface area contributed by atoms with Gasteiger partial charge in [-0.05, 0) is 135 Å². The van der Waals surface area contributed by atoms with Gasteiger partial charge in [-0.2, -0.15) is 0 Å². The van der Waals surface area contributed by atoms with Crippen LogP contribution in [0.1, 0.15) is 133 Å². The second-order valence-corrected chi connectivity index (χ2v) is 23.4. The van der Waals surface area contributed by atoms with Crippen molar-refractivity contribution in [1.82, 2.24) is 4.72 Å². The number of hydrogen-bond donors (Lipinski definition) is 4.